The van der Waals surface area contributed by atoms with Crippen LogP contribution in [0, 0.1) is 5.92 Å². The molecule has 1 aromatic rings. The lowest BCUT2D eigenvalue weighted by Gasteiger charge is -2.12. The van der Waals surface area contributed by atoms with Crippen LogP contribution in [0.2, 0.25) is 0 Å². The molecule has 1 N–H and O–H groups in total. The van der Waals surface area contributed by atoms with E-state index in [2.05, 4.69) is 40.1 Å². The minimum absolute atomic E-state index is 0.215. The Morgan fingerprint density at radius 3 is 2.65 bits per heavy atom. The number of halogens is 4. The lowest BCUT2D eigenvalue weighted by atomic mass is 10.1. The molecule has 0 spiro atoms. The topological polar surface area (TPSA) is 24.4 Å². The average Bonchev–Trinajstić information content (AvgIpc) is 2.79. The Morgan fingerprint density at radius 2 is 2.10 bits per heavy atom. The van der Waals surface area contributed by atoms with Gasteiger partial charge in [-0.15, -0.1) is 0 Å². The molecule has 1 aliphatic rings. The third kappa shape index (κ3) is 3.69. The second kappa shape index (κ2) is 5.97. The van der Waals surface area contributed by atoms with Crippen molar-refractivity contribution in [2.45, 2.75) is 26.1 Å². The highest BCUT2D eigenvalue weighted by molar-refractivity contribution is 9.10. The van der Waals surface area contributed by atoms with Crippen LogP contribution < -0.4 is 5.32 Å². The smallest absolute Gasteiger partial charge is 0.334 e. The number of benzene rings is 1. The summed E-state index contributed by atoms with van der Waals surface area (Å²) in [5.41, 5.74) is -0.289. The van der Waals surface area contributed by atoms with Gasteiger partial charge in [-0.2, -0.15) is 13.2 Å². The van der Waals surface area contributed by atoms with Gasteiger partial charge in [0.05, 0.1) is 17.3 Å². The molecule has 1 unspecified atom stereocenters. The number of hydrogen-bond acceptors (Lipinski definition) is 3. The summed E-state index contributed by atoms with van der Waals surface area (Å²) < 4.78 is 38.7. The Bertz CT molecular complexity index is 529. The number of aliphatic imine (C=N–C) groups is 1. The molecule has 0 radical (unpaired) electrons. The molecule has 0 aromatic heterocycles. The molecule has 0 bridgehead atoms. The fourth-order valence-corrected chi connectivity index (χ4v) is 3.24. The Morgan fingerprint density at radius 1 is 1.40 bits per heavy atom. The Kier molecular flexibility index (Phi) is 4.69. The summed E-state index contributed by atoms with van der Waals surface area (Å²) >= 11 is 4.79. The van der Waals surface area contributed by atoms with Gasteiger partial charge in [-0.05, 0) is 40.0 Å². The van der Waals surface area contributed by atoms with Gasteiger partial charge in [0.25, 0.3) is 0 Å². The van der Waals surface area contributed by atoms with Crippen LogP contribution in [0.15, 0.2) is 27.7 Å². The van der Waals surface area contributed by atoms with Gasteiger partial charge in [0, 0.05) is 10.2 Å². The summed E-state index contributed by atoms with van der Waals surface area (Å²) in [6.45, 7) is 4.16. The van der Waals surface area contributed by atoms with Crippen LogP contribution in [0.3, 0.4) is 0 Å². The van der Waals surface area contributed by atoms with Crippen LogP contribution in [0.1, 0.15) is 19.4 Å². The van der Waals surface area contributed by atoms with Gasteiger partial charge < -0.3 is 5.32 Å². The van der Waals surface area contributed by atoms with Crippen LogP contribution in [0.5, 0.6) is 0 Å². The van der Waals surface area contributed by atoms with E-state index in [9.17, 15) is 13.2 Å². The molecular formula is C13H14BrF3N2S. The van der Waals surface area contributed by atoms with Crippen molar-refractivity contribution in [3.63, 3.8) is 0 Å². The summed E-state index contributed by atoms with van der Waals surface area (Å²) in [4.78, 5) is 4.48. The van der Waals surface area contributed by atoms with Crippen LogP contribution >= 0.6 is 27.7 Å². The van der Waals surface area contributed by atoms with E-state index in [1.54, 1.807) is 0 Å². The first-order valence-corrected chi connectivity index (χ1v) is 7.89. The first-order valence-electron chi connectivity index (χ1n) is 6.11. The molecule has 110 valence electrons. The molecule has 1 heterocycles. The summed E-state index contributed by atoms with van der Waals surface area (Å²) in [6, 6.07) is 3.75. The standard InChI is InChI=1S/C13H14BrF3N2S/c1-7(2)11-6-20-12(19-11)18-10-5-8(13(15,16)17)3-4-9(10)14/h3-5,7,11H,6H2,1-2H3,(H,18,19). The first kappa shape index (κ1) is 15.7. The maximum absolute atomic E-state index is 12.7. The van der Waals surface area contributed by atoms with Gasteiger partial charge in [0.2, 0.25) is 0 Å². The number of thioether (sulfide) groups is 1. The maximum Gasteiger partial charge on any atom is 0.416 e. The number of alkyl halides is 3. The van der Waals surface area contributed by atoms with Gasteiger partial charge >= 0.3 is 6.18 Å². The maximum atomic E-state index is 12.7. The molecule has 2 rings (SSSR count). The highest BCUT2D eigenvalue weighted by Gasteiger charge is 2.31. The lowest BCUT2D eigenvalue weighted by Crippen LogP contribution is -2.12. The number of anilines is 1. The molecule has 0 saturated carbocycles. The monoisotopic (exact) mass is 366 g/mol. The Balaban J connectivity index is 2.20. The SMILES string of the molecule is CC(C)C1CSC(Nc2cc(C(F)(F)F)ccc2Br)=N1. The van der Waals surface area contributed by atoms with Gasteiger partial charge in [-0.1, -0.05) is 25.6 Å². The molecular weight excluding hydrogens is 353 g/mol. The van der Waals surface area contributed by atoms with Gasteiger partial charge in [0.15, 0.2) is 5.17 Å². The largest absolute Gasteiger partial charge is 0.416 e. The number of amidine groups is 1. The normalized spacial score (nSPS) is 19.4. The van der Waals surface area contributed by atoms with E-state index in [-0.39, 0.29) is 6.04 Å². The van der Waals surface area contributed by atoms with Crippen molar-refractivity contribution >= 4 is 38.5 Å². The summed E-state index contributed by atoms with van der Waals surface area (Å²) in [5, 5.41) is 3.64. The van der Waals surface area contributed by atoms with Crippen molar-refractivity contribution < 1.29 is 13.2 Å². The summed E-state index contributed by atoms with van der Waals surface area (Å²) in [6.07, 6.45) is -4.35. The first-order chi connectivity index (χ1) is 9.27. The molecule has 0 amide bonds. The van der Waals surface area contributed by atoms with E-state index >= 15 is 0 Å². The van der Waals surface area contributed by atoms with E-state index < -0.39 is 11.7 Å². The minimum atomic E-state index is -4.35. The number of hydrogen-bond donors (Lipinski definition) is 1. The quantitative estimate of drug-likeness (QED) is 0.795. The zero-order chi connectivity index (χ0) is 14.9. The fraction of sp³-hybridized carbons (Fsp3) is 0.462. The summed E-state index contributed by atoms with van der Waals surface area (Å²) in [5.74, 6) is 1.28. The predicted octanol–water partition coefficient (Wildman–Crippen LogP) is 5.01. The van der Waals surface area contributed by atoms with Crippen molar-refractivity contribution in [1.29, 1.82) is 0 Å². The third-order valence-corrected chi connectivity index (χ3v) is 4.66. The lowest BCUT2D eigenvalue weighted by molar-refractivity contribution is -0.137. The molecule has 0 fully saturated rings. The van der Waals surface area contributed by atoms with Crippen LogP contribution in [-0.4, -0.2) is 17.0 Å². The molecule has 0 aliphatic carbocycles. The second-order valence-corrected chi connectivity index (χ2v) is 6.74. The minimum Gasteiger partial charge on any atom is -0.334 e. The zero-order valence-corrected chi connectivity index (χ0v) is 13.4. The van der Waals surface area contributed by atoms with Crippen molar-refractivity contribution in [3.05, 3.63) is 28.2 Å². The van der Waals surface area contributed by atoms with E-state index in [0.717, 1.165) is 17.9 Å². The van der Waals surface area contributed by atoms with Crippen molar-refractivity contribution in [3.8, 4) is 0 Å². The van der Waals surface area contributed by atoms with Gasteiger partial charge in [-0.25, -0.2) is 0 Å². The predicted molar refractivity (Wildman–Crippen MR) is 81.3 cm³/mol. The molecule has 1 atom stereocenters. The highest BCUT2D eigenvalue weighted by atomic mass is 79.9. The third-order valence-electron chi connectivity index (χ3n) is 2.98. The van der Waals surface area contributed by atoms with Crippen LogP contribution in [-0.2, 0) is 6.18 Å². The van der Waals surface area contributed by atoms with E-state index in [4.69, 9.17) is 0 Å². The number of nitrogens with one attached hydrogen (secondary N) is 1. The number of nitrogens with zero attached hydrogens (tertiary/aromatic N) is 1. The molecule has 7 heteroatoms. The average molecular weight is 367 g/mol. The van der Waals surface area contributed by atoms with E-state index in [1.807, 2.05) is 0 Å². The highest BCUT2D eigenvalue weighted by Crippen LogP contribution is 2.35. The summed E-state index contributed by atoms with van der Waals surface area (Å²) in [7, 11) is 0. The van der Waals surface area contributed by atoms with Gasteiger partial charge in [-0.3, -0.25) is 4.99 Å². The van der Waals surface area contributed by atoms with Crippen LogP contribution in [0.4, 0.5) is 18.9 Å². The van der Waals surface area contributed by atoms with Crippen molar-refractivity contribution in [1.82, 2.24) is 0 Å². The Labute approximate surface area is 128 Å². The molecule has 2 nitrogen and oxygen atoms in total. The molecule has 1 aliphatic heterocycles. The second-order valence-electron chi connectivity index (χ2n) is 4.87. The Hall–Kier alpha value is -0.690. The van der Waals surface area contributed by atoms with E-state index in [0.29, 0.717) is 21.2 Å². The van der Waals surface area contributed by atoms with Crippen molar-refractivity contribution in [2.75, 3.05) is 11.1 Å². The number of rotatable bonds is 2. The molecule has 20 heavy (non-hydrogen) atoms. The van der Waals surface area contributed by atoms with Crippen molar-refractivity contribution in [2.24, 2.45) is 10.9 Å². The molecule has 1 aromatic carbocycles. The van der Waals surface area contributed by atoms with Crippen LogP contribution in [0.25, 0.3) is 0 Å². The van der Waals surface area contributed by atoms with E-state index in [1.165, 1.54) is 17.8 Å². The fourth-order valence-electron chi connectivity index (χ4n) is 1.71. The zero-order valence-electron chi connectivity index (χ0n) is 11.0. The molecule has 0 saturated heterocycles. The van der Waals surface area contributed by atoms with Gasteiger partial charge in [0.1, 0.15) is 0 Å².